The first-order chi connectivity index (χ1) is 16.7. The molecule has 0 saturated heterocycles. The van der Waals surface area contributed by atoms with Gasteiger partial charge in [-0.25, -0.2) is 4.39 Å². The minimum atomic E-state index is -2.11. The van der Waals surface area contributed by atoms with Gasteiger partial charge in [0.15, 0.2) is 6.79 Å². The van der Waals surface area contributed by atoms with E-state index in [1.165, 1.54) is 6.07 Å². The molecule has 0 radical (unpaired) electrons. The third-order valence-corrected chi connectivity index (χ3v) is 14.0. The van der Waals surface area contributed by atoms with Gasteiger partial charge in [-0.2, -0.15) is 0 Å². The molecule has 0 amide bonds. The lowest BCUT2D eigenvalue weighted by molar-refractivity contribution is 0.0421. The molecular formula is C29H44BFO4Si. The Kier molecular flexibility index (Phi) is 10.2. The topological polar surface area (TPSA) is 47.9 Å². The summed E-state index contributed by atoms with van der Waals surface area (Å²) in [4.78, 5) is 0. The van der Waals surface area contributed by atoms with Gasteiger partial charge in [0.25, 0.3) is 0 Å². The standard InChI is InChI=1S/C29H44BFO4Si/c1-19(2)29(9,10)35-30(32)26-17-24(34-18-33-11)16-23-12-13-27(31)25(28(23)26)14-15-36(20(3)4,21(5)6)22(7)8/h12-13,16-17,19-22,32H,18H2,1-11H3. The smallest absolute Gasteiger partial charge is 0.468 e. The van der Waals surface area contributed by atoms with Crippen molar-refractivity contribution in [1.82, 2.24) is 0 Å². The highest BCUT2D eigenvalue weighted by atomic mass is 28.3. The van der Waals surface area contributed by atoms with E-state index in [4.69, 9.17) is 14.1 Å². The number of rotatable bonds is 10. The van der Waals surface area contributed by atoms with E-state index in [0.717, 1.165) is 5.39 Å². The molecule has 0 spiro atoms. The number of fused-ring (bicyclic) bond motifs is 1. The first-order valence-electron chi connectivity index (χ1n) is 13.0. The van der Waals surface area contributed by atoms with Crippen molar-refractivity contribution in [3.8, 4) is 17.2 Å². The Morgan fingerprint density at radius 1 is 1.00 bits per heavy atom. The molecule has 0 fully saturated rings. The summed E-state index contributed by atoms with van der Waals surface area (Å²) in [6.45, 7) is 21.4. The Hall–Kier alpha value is -1.85. The van der Waals surface area contributed by atoms with E-state index in [1.807, 2.05) is 33.8 Å². The van der Waals surface area contributed by atoms with Gasteiger partial charge in [0, 0.05) is 12.5 Å². The molecule has 2 aromatic carbocycles. The number of halogens is 1. The van der Waals surface area contributed by atoms with Crippen molar-refractivity contribution < 1.29 is 23.5 Å². The number of methoxy groups -OCH3 is 1. The SMILES string of the molecule is COCOc1cc(B(O)OC(C)(C)C(C)C)c2c(C#C[Si](C(C)C)(C(C)C)C(C)C)c(F)ccc2c1. The quantitative estimate of drug-likeness (QED) is 0.219. The van der Waals surface area contributed by atoms with Crippen LogP contribution in [0.25, 0.3) is 10.8 Å². The molecule has 0 aliphatic heterocycles. The fraction of sp³-hybridized carbons (Fsp3) is 0.586. The van der Waals surface area contributed by atoms with Crippen LogP contribution in [0.1, 0.15) is 74.8 Å². The predicted octanol–water partition coefficient (Wildman–Crippen LogP) is 6.67. The zero-order valence-corrected chi connectivity index (χ0v) is 25.0. The highest BCUT2D eigenvalue weighted by molar-refractivity contribution is 6.90. The lowest BCUT2D eigenvalue weighted by Crippen LogP contribution is -2.45. The van der Waals surface area contributed by atoms with Crippen molar-refractivity contribution >= 4 is 31.4 Å². The second-order valence-electron chi connectivity index (χ2n) is 11.5. The predicted molar refractivity (Wildman–Crippen MR) is 152 cm³/mol. The van der Waals surface area contributed by atoms with Crippen LogP contribution in [0.3, 0.4) is 0 Å². The Labute approximate surface area is 219 Å². The Bertz CT molecular complexity index is 1080. The summed E-state index contributed by atoms with van der Waals surface area (Å²) in [6.07, 6.45) is 0. The van der Waals surface area contributed by atoms with Crippen molar-refractivity contribution in [2.24, 2.45) is 5.92 Å². The van der Waals surface area contributed by atoms with Crippen LogP contribution in [0.5, 0.6) is 5.75 Å². The highest BCUT2D eigenvalue weighted by Crippen LogP contribution is 2.41. The minimum Gasteiger partial charge on any atom is -0.468 e. The molecule has 1 N–H and O–H groups in total. The van der Waals surface area contributed by atoms with Gasteiger partial charge in [-0.15, -0.1) is 5.54 Å². The first kappa shape index (κ1) is 30.4. The summed E-state index contributed by atoms with van der Waals surface area (Å²) in [7, 11) is -1.86. The zero-order valence-electron chi connectivity index (χ0n) is 24.0. The summed E-state index contributed by atoms with van der Waals surface area (Å²) >= 11 is 0. The average molecular weight is 515 g/mol. The number of hydrogen-bond acceptors (Lipinski definition) is 4. The van der Waals surface area contributed by atoms with Crippen LogP contribution >= 0.6 is 0 Å². The van der Waals surface area contributed by atoms with Crippen LogP contribution in [-0.4, -0.2) is 39.7 Å². The fourth-order valence-electron chi connectivity index (χ4n) is 5.06. The normalized spacial score (nSPS) is 12.6. The highest BCUT2D eigenvalue weighted by Gasteiger charge is 2.42. The molecule has 0 bridgehead atoms. The van der Waals surface area contributed by atoms with Crippen molar-refractivity contribution in [2.75, 3.05) is 13.9 Å². The van der Waals surface area contributed by atoms with Gasteiger partial charge < -0.3 is 19.2 Å². The molecule has 198 valence electrons. The van der Waals surface area contributed by atoms with E-state index in [9.17, 15) is 5.02 Å². The minimum absolute atomic E-state index is 0.0541. The van der Waals surface area contributed by atoms with Crippen molar-refractivity contribution in [1.29, 1.82) is 0 Å². The van der Waals surface area contributed by atoms with Gasteiger partial charge in [0.2, 0.25) is 0 Å². The van der Waals surface area contributed by atoms with Crippen LogP contribution in [0, 0.1) is 23.2 Å². The molecular weight excluding hydrogens is 470 g/mol. The third kappa shape index (κ3) is 6.34. The number of hydrogen-bond donors (Lipinski definition) is 1. The molecule has 0 unspecified atom stereocenters. The molecule has 4 nitrogen and oxygen atoms in total. The van der Waals surface area contributed by atoms with Crippen LogP contribution in [0.4, 0.5) is 4.39 Å². The van der Waals surface area contributed by atoms with E-state index in [2.05, 4.69) is 53.0 Å². The van der Waals surface area contributed by atoms with Gasteiger partial charge in [0.05, 0.1) is 11.2 Å². The monoisotopic (exact) mass is 514 g/mol. The summed E-state index contributed by atoms with van der Waals surface area (Å²) in [5.41, 5.74) is 5.00. The molecule has 7 heteroatoms. The van der Waals surface area contributed by atoms with E-state index in [-0.39, 0.29) is 12.7 Å². The van der Waals surface area contributed by atoms with Crippen LogP contribution in [0.15, 0.2) is 24.3 Å². The fourth-order valence-corrected chi connectivity index (χ4v) is 10.3. The van der Waals surface area contributed by atoms with Gasteiger partial charge >= 0.3 is 7.12 Å². The summed E-state index contributed by atoms with van der Waals surface area (Å²) in [5.74, 6) is 3.54. The lowest BCUT2D eigenvalue weighted by atomic mass is 9.73. The summed E-state index contributed by atoms with van der Waals surface area (Å²) < 4.78 is 32.3. The molecule has 36 heavy (non-hydrogen) atoms. The second-order valence-corrected chi connectivity index (χ2v) is 17.0. The van der Waals surface area contributed by atoms with E-state index >= 15 is 4.39 Å². The molecule has 0 heterocycles. The van der Waals surface area contributed by atoms with Gasteiger partial charge in [-0.3, -0.25) is 0 Å². The molecule has 2 aromatic rings. The molecule has 0 saturated carbocycles. The first-order valence-corrected chi connectivity index (χ1v) is 15.2. The largest absolute Gasteiger partial charge is 0.492 e. The van der Waals surface area contributed by atoms with Crippen molar-refractivity contribution in [3.63, 3.8) is 0 Å². The van der Waals surface area contributed by atoms with Crippen LogP contribution < -0.4 is 10.2 Å². The number of benzene rings is 2. The molecule has 2 rings (SSSR count). The van der Waals surface area contributed by atoms with Crippen LogP contribution in [-0.2, 0) is 9.39 Å². The Morgan fingerprint density at radius 2 is 1.58 bits per heavy atom. The maximum absolute atomic E-state index is 15.5. The van der Waals surface area contributed by atoms with E-state index in [1.54, 1.807) is 19.2 Å². The van der Waals surface area contributed by atoms with Crippen LogP contribution in [0.2, 0.25) is 16.6 Å². The number of ether oxygens (including phenoxy) is 2. The van der Waals surface area contributed by atoms with Crippen molar-refractivity contribution in [3.05, 3.63) is 35.6 Å². The average Bonchev–Trinajstić information content (AvgIpc) is 2.77. The van der Waals surface area contributed by atoms with Crippen molar-refractivity contribution in [2.45, 2.75) is 91.5 Å². The summed E-state index contributed by atoms with van der Waals surface area (Å²) in [5, 5.41) is 12.6. The van der Waals surface area contributed by atoms with Gasteiger partial charge in [-0.05, 0) is 65.4 Å². The van der Waals surface area contributed by atoms with Gasteiger partial charge in [-0.1, -0.05) is 67.4 Å². The van der Waals surface area contributed by atoms with E-state index in [0.29, 0.717) is 38.8 Å². The molecule has 0 aliphatic rings. The molecule has 0 aromatic heterocycles. The Balaban J connectivity index is 2.86. The van der Waals surface area contributed by atoms with Gasteiger partial charge in [0.1, 0.15) is 19.6 Å². The zero-order chi connectivity index (χ0) is 27.4. The third-order valence-electron chi connectivity index (χ3n) is 7.76. The molecule has 0 atom stereocenters. The Morgan fingerprint density at radius 3 is 2.08 bits per heavy atom. The second kappa shape index (κ2) is 12.1. The summed E-state index contributed by atoms with van der Waals surface area (Å²) in [6, 6.07) is 6.65. The lowest BCUT2D eigenvalue weighted by Gasteiger charge is -2.38. The maximum Gasteiger partial charge on any atom is 0.492 e. The van der Waals surface area contributed by atoms with E-state index < -0.39 is 26.6 Å². The molecule has 0 aliphatic carbocycles. The maximum atomic E-state index is 15.5.